The Kier molecular flexibility index (Phi) is 4.63. The van der Waals surface area contributed by atoms with Gasteiger partial charge < -0.3 is 4.74 Å². The second kappa shape index (κ2) is 5.76. The highest BCUT2D eigenvalue weighted by Gasteiger charge is 2.06. The van der Waals surface area contributed by atoms with Gasteiger partial charge in [0.25, 0.3) is 0 Å². The lowest BCUT2D eigenvalue weighted by Gasteiger charge is -2.10. The first kappa shape index (κ1) is 12.1. The van der Waals surface area contributed by atoms with Gasteiger partial charge in [0.2, 0.25) is 0 Å². The molecule has 1 aromatic rings. The normalized spacial score (nSPS) is 12.2. The van der Waals surface area contributed by atoms with Crippen molar-refractivity contribution in [2.24, 2.45) is 0 Å². The molecule has 1 radical (unpaired) electrons. The van der Waals surface area contributed by atoms with E-state index in [-0.39, 0.29) is 11.7 Å². The Hall–Kier alpha value is -1.02. The van der Waals surface area contributed by atoms with Crippen molar-refractivity contribution in [1.29, 1.82) is 0 Å². The van der Waals surface area contributed by atoms with E-state index in [4.69, 9.17) is 16.3 Å². The van der Waals surface area contributed by atoms with E-state index in [9.17, 15) is 4.39 Å². The van der Waals surface area contributed by atoms with Gasteiger partial charge in [0.05, 0.1) is 5.88 Å². The molecule has 0 amide bonds. The predicted octanol–water partition coefficient (Wildman–Crippen LogP) is 3.55. The highest BCUT2D eigenvalue weighted by atomic mass is 35.5. The molecule has 1 aromatic carbocycles. The second-order valence-electron chi connectivity index (χ2n) is 3.10. The van der Waals surface area contributed by atoms with Crippen LogP contribution in [0.5, 0.6) is 5.75 Å². The zero-order chi connectivity index (χ0) is 11.3. The first-order valence-electron chi connectivity index (χ1n) is 4.62. The van der Waals surface area contributed by atoms with Crippen molar-refractivity contribution in [3.05, 3.63) is 49.2 Å². The van der Waals surface area contributed by atoms with Crippen LogP contribution in [0.4, 0.5) is 4.39 Å². The van der Waals surface area contributed by atoms with Gasteiger partial charge in [-0.25, -0.2) is 4.39 Å². The smallest absolute Gasteiger partial charge is 0.127 e. The molecule has 0 aliphatic heterocycles. The number of allylic oxidation sites excluding steroid dienone is 1. The third-order valence-electron chi connectivity index (χ3n) is 1.95. The van der Waals surface area contributed by atoms with Crippen LogP contribution in [0.1, 0.15) is 11.5 Å². The molecule has 0 spiro atoms. The van der Waals surface area contributed by atoms with Gasteiger partial charge in [-0.15, -0.1) is 18.2 Å². The van der Waals surface area contributed by atoms with Crippen LogP contribution < -0.4 is 4.74 Å². The summed E-state index contributed by atoms with van der Waals surface area (Å²) in [5.74, 6) is 0.369. The molecule has 0 saturated heterocycles. The van der Waals surface area contributed by atoms with Crippen LogP contribution in [0.25, 0.3) is 0 Å². The molecule has 15 heavy (non-hydrogen) atoms. The molecule has 0 heterocycles. The van der Waals surface area contributed by atoms with Gasteiger partial charge >= 0.3 is 0 Å². The van der Waals surface area contributed by atoms with Crippen molar-refractivity contribution < 1.29 is 9.13 Å². The first-order chi connectivity index (χ1) is 7.17. The largest absolute Gasteiger partial charge is 0.492 e. The monoisotopic (exact) mass is 227 g/mol. The highest BCUT2D eigenvalue weighted by molar-refractivity contribution is 6.17. The maximum atomic E-state index is 13.2. The average molecular weight is 228 g/mol. The van der Waals surface area contributed by atoms with Crippen molar-refractivity contribution in [3.8, 4) is 5.75 Å². The van der Waals surface area contributed by atoms with Gasteiger partial charge in [0, 0.05) is 12.0 Å². The Morgan fingerprint density at radius 1 is 1.47 bits per heavy atom. The summed E-state index contributed by atoms with van der Waals surface area (Å²) in [6.45, 7) is 7.80. The van der Waals surface area contributed by atoms with Gasteiger partial charge in [-0.3, -0.25) is 0 Å². The highest BCUT2D eigenvalue weighted by Crippen LogP contribution is 2.23. The Labute approximate surface area is 94.5 Å². The van der Waals surface area contributed by atoms with E-state index in [1.807, 2.05) is 0 Å². The van der Waals surface area contributed by atoms with E-state index in [1.54, 1.807) is 12.1 Å². The van der Waals surface area contributed by atoms with Crippen LogP contribution in [-0.4, -0.2) is 12.5 Å². The summed E-state index contributed by atoms with van der Waals surface area (Å²) in [5.41, 5.74) is 0.745. The average Bonchev–Trinajstić information content (AvgIpc) is 2.24. The third-order valence-corrected chi connectivity index (χ3v) is 2.11. The molecule has 0 bridgehead atoms. The molecule has 1 unspecified atom stereocenters. The lowest BCUT2D eigenvalue weighted by molar-refractivity contribution is 0.340. The number of halogens is 2. The number of rotatable bonds is 5. The molecule has 0 aliphatic carbocycles. The summed E-state index contributed by atoms with van der Waals surface area (Å²) in [6.07, 6.45) is 1.65. The molecule has 0 fully saturated rings. The molecule has 0 aromatic heterocycles. The van der Waals surface area contributed by atoms with Crippen LogP contribution in [0, 0.1) is 12.7 Å². The topological polar surface area (TPSA) is 9.23 Å². The number of ether oxygens (including phenoxy) is 1. The van der Waals surface area contributed by atoms with E-state index in [0.29, 0.717) is 18.2 Å². The number of hydrogen-bond donors (Lipinski definition) is 0. The van der Waals surface area contributed by atoms with Gasteiger partial charge in [-0.2, -0.15) is 0 Å². The van der Waals surface area contributed by atoms with Crippen LogP contribution in [0.2, 0.25) is 0 Å². The van der Waals surface area contributed by atoms with E-state index in [2.05, 4.69) is 13.5 Å². The number of alkyl halides is 1. The summed E-state index contributed by atoms with van der Waals surface area (Å²) in [4.78, 5) is 0. The number of hydrogen-bond acceptors (Lipinski definition) is 1. The molecular weight excluding hydrogens is 215 g/mol. The summed E-state index contributed by atoms with van der Waals surface area (Å²) < 4.78 is 18.4. The minimum absolute atomic E-state index is 0.140. The third kappa shape index (κ3) is 3.56. The molecule has 0 N–H and O–H groups in total. The fourth-order valence-corrected chi connectivity index (χ4v) is 1.25. The fraction of sp³-hybridized carbons (Fsp3) is 0.250. The van der Waals surface area contributed by atoms with E-state index in [0.717, 1.165) is 5.56 Å². The summed E-state index contributed by atoms with van der Waals surface area (Å²) in [7, 11) is 0. The minimum atomic E-state index is -0.340. The summed E-state index contributed by atoms with van der Waals surface area (Å²) in [5, 5.41) is 0. The zero-order valence-electron chi connectivity index (χ0n) is 8.38. The molecule has 3 heteroatoms. The molecule has 81 valence electrons. The van der Waals surface area contributed by atoms with Crippen LogP contribution >= 0.6 is 11.6 Å². The standard InChI is InChI=1S/C12H13ClFO/c1-3-9(2)10-6-11(14)8-12(7-10)15-5-4-13/h3,6-9H,1-2,4-5H2. The van der Waals surface area contributed by atoms with Crippen LogP contribution in [0.3, 0.4) is 0 Å². The van der Waals surface area contributed by atoms with E-state index >= 15 is 0 Å². The molecule has 1 rings (SSSR count). The van der Waals surface area contributed by atoms with Crippen molar-refractivity contribution >= 4 is 11.6 Å². The van der Waals surface area contributed by atoms with Gasteiger partial charge in [-0.05, 0) is 24.6 Å². The Morgan fingerprint density at radius 2 is 2.20 bits per heavy atom. The zero-order valence-corrected chi connectivity index (χ0v) is 9.14. The molecular formula is C12H13ClFO. The van der Waals surface area contributed by atoms with Crippen molar-refractivity contribution in [3.63, 3.8) is 0 Å². The van der Waals surface area contributed by atoms with Gasteiger partial charge in [0.15, 0.2) is 0 Å². The molecule has 0 saturated carbocycles. The molecule has 1 atom stereocenters. The SMILES string of the molecule is [CH2]C(C=C)c1cc(F)cc(OCCCl)c1. The Bertz CT molecular complexity index is 338. The van der Waals surface area contributed by atoms with Crippen molar-refractivity contribution in [2.75, 3.05) is 12.5 Å². The molecule has 1 nitrogen and oxygen atoms in total. The first-order valence-corrected chi connectivity index (χ1v) is 5.15. The minimum Gasteiger partial charge on any atom is -0.492 e. The van der Waals surface area contributed by atoms with E-state index in [1.165, 1.54) is 12.1 Å². The summed E-state index contributed by atoms with van der Waals surface area (Å²) in [6, 6.07) is 4.49. The summed E-state index contributed by atoms with van der Waals surface area (Å²) >= 11 is 5.47. The second-order valence-corrected chi connectivity index (χ2v) is 3.48. The quantitative estimate of drug-likeness (QED) is 0.552. The van der Waals surface area contributed by atoms with Crippen molar-refractivity contribution in [1.82, 2.24) is 0 Å². The van der Waals surface area contributed by atoms with Crippen LogP contribution in [-0.2, 0) is 0 Å². The van der Waals surface area contributed by atoms with Gasteiger partial charge in [0.1, 0.15) is 18.2 Å². The maximum Gasteiger partial charge on any atom is 0.127 e. The van der Waals surface area contributed by atoms with Crippen molar-refractivity contribution in [2.45, 2.75) is 5.92 Å². The number of benzene rings is 1. The van der Waals surface area contributed by atoms with E-state index < -0.39 is 0 Å². The fourth-order valence-electron chi connectivity index (χ4n) is 1.17. The van der Waals surface area contributed by atoms with Crippen LogP contribution in [0.15, 0.2) is 30.9 Å². The molecule has 0 aliphatic rings. The Balaban J connectivity index is 2.89. The Morgan fingerprint density at radius 3 is 2.80 bits per heavy atom. The predicted molar refractivity (Wildman–Crippen MR) is 60.9 cm³/mol. The maximum absolute atomic E-state index is 13.2. The van der Waals surface area contributed by atoms with Gasteiger partial charge in [-0.1, -0.05) is 6.08 Å². The lowest BCUT2D eigenvalue weighted by atomic mass is 10.0. The lowest BCUT2D eigenvalue weighted by Crippen LogP contribution is -2.00.